The molecule has 1 aromatic heterocycles. The molecule has 0 saturated heterocycles. The second-order valence-corrected chi connectivity index (χ2v) is 1.41. The van der Waals surface area contributed by atoms with Crippen molar-refractivity contribution in [3.05, 3.63) is 0 Å². The van der Waals surface area contributed by atoms with Gasteiger partial charge in [0.1, 0.15) is 0 Å². The van der Waals surface area contributed by atoms with Gasteiger partial charge < -0.3 is 54.4 Å². The van der Waals surface area contributed by atoms with E-state index < -0.39 is 0 Å². The molecule has 6 nitrogen and oxygen atoms in total. The average molecular weight is 288 g/mol. The van der Waals surface area contributed by atoms with Crippen LogP contribution in [-0.2, 0) is 17.1 Å². The first kappa shape index (κ1) is 23.0. The van der Waals surface area contributed by atoms with Gasteiger partial charge in [0.15, 0.2) is 0 Å². The van der Waals surface area contributed by atoms with Crippen LogP contribution in [0.25, 0.3) is 0 Å². The Morgan fingerprint density at radius 2 is 0.769 bits per heavy atom. The van der Waals surface area contributed by atoms with Crippen LogP contribution in [0.3, 0.4) is 0 Å². The van der Waals surface area contributed by atoms with E-state index in [2.05, 4.69) is 15.0 Å². The molecule has 0 aliphatic heterocycles. The van der Waals surface area contributed by atoms with Crippen LogP contribution in [0.4, 0.5) is 17.8 Å². The molecule has 0 aliphatic carbocycles. The molecule has 6 N–H and O–H groups in total. The minimum Gasteiger partial charge on any atom is -1.00 e. The molecule has 0 aromatic carbocycles. The zero-order chi connectivity index (χ0) is 6.85. The predicted molar refractivity (Wildman–Crippen MR) is 33.1 cm³/mol. The Balaban J connectivity index is -0.000000101. The zero-order valence-corrected chi connectivity index (χ0v) is 9.43. The maximum absolute atomic E-state index is 5.14. The Labute approximate surface area is 104 Å². The fraction of sp³-hybridized carbons (Fsp3) is 0. The predicted octanol–water partition coefficient (Wildman–Crippen LogP) is -10.4. The molecule has 0 aliphatic rings. The molecule has 0 saturated carbocycles. The van der Waals surface area contributed by atoms with Crippen LogP contribution < -0.4 is 54.4 Å². The van der Waals surface area contributed by atoms with E-state index in [1.807, 2.05) is 0 Å². The summed E-state index contributed by atoms with van der Waals surface area (Å²) in [6, 6.07) is 0. The van der Waals surface area contributed by atoms with Crippen molar-refractivity contribution >= 4 is 17.8 Å². The standard InChI is InChI=1S/C3H6N6.3ClH.Fe/c4-1-7-2(5)9-3(6)8-1;;;;/h(H6,4,5,6,7,8,9);3*1H;/q;;;;+3/p-3. The molecule has 0 atom stereocenters. The van der Waals surface area contributed by atoms with Crippen molar-refractivity contribution in [2.24, 2.45) is 0 Å². The summed E-state index contributed by atoms with van der Waals surface area (Å²) in [6.07, 6.45) is 0. The first-order valence-corrected chi connectivity index (χ1v) is 2.21. The summed E-state index contributed by atoms with van der Waals surface area (Å²) >= 11 is 0. The van der Waals surface area contributed by atoms with Crippen LogP contribution in [0.5, 0.6) is 0 Å². The van der Waals surface area contributed by atoms with Gasteiger partial charge in [-0.05, 0) is 0 Å². The summed E-state index contributed by atoms with van der Waals surface area (Å²) in [4.78, 5) is 10.5. The largest absolute Gasteiger partial charge is 3.00 e. The van der Waals surface area contributed by atoms with Gasteiger partial charge in [0.25, 0.3) is 0 Å². The first-order valence-electron chi connectivity index (χ1n) is 2.21. The summed E-state index contributed by atoms with van der Waals surface area (Å²) in [5.41, 5.74) is 15.4. The molecule has 1 heterocycles. The molecule has 13 heavy (non-hydrogen) atoms. The molecule has 10 heteroatoms. The molecule has 1 radical (unpaired) electrons. The second-order valence-electron chi connectivity index (χ2n) is 1.41. The molecule has 0 amide bonds. The monoisotopic (exact) mass is 287 g/mol. The van der Waals surface area contributed by atoms with Crippen LogP contribution in [0, 0.1) is 0 Å². The third-order valence-corrected chi connectivity index (χ3v) is 0.687. The Morgan fingerprint density at radius 3 is 0.923 bits per heavy atom. The van der Waals surface area contributed by atoms with Crippen LogP contribution in [-0.4, -0.2) is 15.0 Å². The SMILES string of the molecule is Nc1nc(N)nc(N)n1.[Cl-].[Cl-].[Cl-].[Fe+3]. The van der Waals surface area contributed by atoms with Gasteiger partial charge in [-0.2, -0.15) is 15.0 Å². The number of anilines is 3. The van der Waals surface area contributed by atoms with Gasteiger partial charge in [0.2, 0.25) is 17.8 Å². The molecule has 0 unspecified atom stereocenters. The number of aromatic nitrogens is 3. The number of nitrogen functional groups attached to an aromatic ring is 3. The second kappa shape index (κ2) is 9.88. The topological polar surface area (TPSA) is 117 Å². The maximum Gasteiger partial charge on any atom is 3.00 e. The van der Waals surface area contributed by atoms with Crippen molar-refractivity contribution < 1.29 is 54.3 Å². The average Bonchev–Trinajstić information content (AvgIpc) is 1.59. The minimum atomic E-state index is 0. The van der Waals surface area contributed by atoms with Gasteiger partial charge in [0, 0.05) is 0 Å². The van der Waals surface area contributed by atoms with Gasteiger partial charge in [-0.25, -0.2) is 0 Å². The molecule has 0 spiro atoms. The minimum absolute atomic E-state index is 0. The van der Waals surface area contributed by atoms with E-state index in [1.165, 1.54) is 0 Å². The van der Waals surface area contributed by atoms with Crippen molar-refractivity contribution in [1.29, 1.82) is 0 Å². The Kier molecular flexibility index (Phi) is 17.5. The van der Waals surface area contributed by atoms with E-state index in [-0.39, 0.29) is 72.1 Å². The third kappa shape index (κ3) is 8.14. The normalized spacial score (nSPS) is 6.46. The Hall–Kier alpha value is -0.201. The Morgan fingerprint density at radius 1 is 0.615 bits per heavy atom. The van der Waals surface area contributed by atoms with Gasteiger partial charge in [-0.15, -0.1) is 0 Å². The zero-order valence-electron chi connectivity index (χ0n) is 6.06. The number of rotatable bonds is 0. The summed E-state index contributed by atoms with van der Waals surface area (Å²) in [5, 5.41) is 0. The fourth-order valence-corrected chi connectivity index (χ4v) is 0.427. The van der Waals surface area contributed by atoms with E-state index in [0.29, 0.717) is 0 Å². The third-order valence-electron chi connectivity index (χ3n) is 0.687. The summed E-state index contributed by atoms with van der Waals surface area (Å²) in [7, 11) is 0. The van der Waals surface area contributed by atoms with E-state index in [1.54, 1.807) is 0 Å². The molecular formula is C3H6Cl3FeN6. The molecular weight excluding hydrogens is 282 g/mol. The van der Waals surface area contributed by atoms with E-state index in [4.69, 9.17) is 17.2 Å². The molecule has 1 rings (SSSR count). The summed E-state index contributed by atoms with van der Waals surface area (Å²) in [6.45, 7) is 0. The van der Waals surface area contributed by atoms with Crippen LogP contribution in [0.1, 0.15) is 0 Å². The van der Waals surface area contributed by atoms with E-state index in [0.717, 1.165) is 0 Å². The molecule has 77 valence electrons. The summed E-state index contributed by atoms with van der Waals surface area (Å²) < 4.78 is 0. The smallest absolute Gasteiger partial charge is 1.00 e. The van der Waals surface area contributed by atoms with Crippen molar-refractivity contribution in [3.8, 4) is 0 Å². The van der Waals surface area contributed by atoms with E-state index in [9.17, 15) is 0 Å². The number of halogens is 3. The first-order chi connectivity index (χ1) is 4.18. The van der Waals surface area contributed by atoms with Crippen LogP contribution >= 0.6 is 0 Å². The number of hydrogen-bond acceptors (Lipinski definition) is 6. The maximum atomic E-state index is 5.14. The van der Waals surface area contributed by atoms with Gasteiger partial charge >= 0.3 is 17.1 Å². The number of nitrogens with zero attached hydrogens (tertiary/aromatic N) is 3. The van der Waals surface area contributed by atoms with Crippen LogP contribution in [0.2, 0.25) is 0 Å². The van der Waals surface area contributed by atoms with Crippen molar-refractivity contribution in [2.45, 2.75) is 0 Å². The fourth-order valence-electron chi connectivity index (χ4n) is 0.427. The quantitative estimate of drug-likeness (QED) is 0.408. The molecule has 0 fully saturated rings. The van der Waals surface area contributed by atoms with Crippen molar-refractivity contribution in [3.63, 3.8) is 0 Å². The van der Waals surface area contributed by atoms with Crippen molar-refractivity contribution in [1.82, 2.24) is 15.0 Å². The Bertz CT molecular complexity index is 184. The number of nitrogens with two attached hydrogens (primary N) is 3. The summed E-state index contributed by atoms with van der Waals surface area (Å²) in [5.74, 6) is 0.125. The van der Waals surface area contributed by atoms with Crippen LogP contribution in [0.15, 0.2) is 0 Å². The van der Waals surface area contributed by atoms with Gasteiger partial charge in [-0.3, -0.25) is 0 Å². The van der Waals surface area contributed by atoms with Gasteiger partial charge in [-0.1, -0.05) is 0 Å². The van der Waals surface area contributed by atoms with Gasteiger partial charge in [0.05, 0.1) is 0 Å². The van der Waals surface area contributed by atoms with E-state index >= 15 is 0 Å². The number of hydrogen-bond donors (Lipinski definition) is 3. The molecule has 1 aromatic rings. The van der Waals surface area contributed by atoms with Crippen molar-refractivity contribution in [2.75, 3.05) is 17.2 Å². The molecule has 0 bridgehead atoms.